The standard InChI is InChI=1S/C13H18N2O/c1-9-7-12(9)15-13(16)8-11(14)10-5-3-2-4-6-10/h2-6,9,11-12H,7-8,14H2,1H3,(H,15,16). The third-order valence-electron chi connectivity index (χ3n) is 3.09. The molecule has 0 aromatic heterocycles. The first-order chi connectivity index (χ1) is 7.66. The van der Waals surface area contributed by atoms with Gasteiger partial charge in [0.05, 0.1) is 0 Å². The van der Waals surface area contributed by atoms with Crippen LogP contribution in [0.15, 0.2) is 30.3 Å². The second kappa shape index (κ2) is 4.66. The Hall–Kier alpha value is -1.35. The number of amides is 1. The molecule has 3 N–H and O–H groups in total. The zero-order valence-electron chi connectivity index (χ0n) is 9.52. The molecule has 1 saturated carbocycles. The first-order valence-corrected chi connectivity index (χ1v) is 5.76. The van der Waals surface area contributed by atoms with Crippen molar-refractivity contribution in [3.05, 3.63) is 35.9 Å². The molecule has 0 heterocycles. The van der Waals surface area contributed by atoms with Crippen LogP contribution in [0.1, 0.15) is 31.4 Å². The maximum absolute atomic E-state index is 11.6. The van der Waals surface area contributed by atoms with Crippen molar-refractivity contribution in [1.82, 2.24) is 5.32 Å². The lowest BCUT2D eigenvalue weighted by Crippen LogP contribution is -2.29. The zero-order chi connectivity index (χ0) is 11.5. The Morgan fingerprint density at radius 1 is 1.50 bits per heavy atom. The van der Waals surface area contributed by atoms with Gasteiger partial charge in [-0.1, -0.05) is 37.3 Å². The molecule has 1 fully saturated rings. The van der Waals surface area contributed by atoms with Crippen LogP contribution in [0.25, 0.3) is 0 Å². The maximum Gasteiger partial charge on any atom is 0.222 e. The van der Waals surface area contributed by atoms with Gasteiger partial charge in [0.2, 0.25) is 5.91 Å². The molecule has 1 aromatic carbocycles. The summed E-state index contributed by atoms with van der Waals surface area (Å²) < 4.78 is 0. The lowest BCUT2D eigenvalue weighted by atomic mass is 10.0. The zero-order valence-corrected chi connectivity index (χ0v) is 9.52. The minimum atomic E-state index is -0.199. The number of nitrogens with two attached hydrogens (primary N) is 1. The maximum atomic E-state index is 11.6. The monoisotopic (exact) mass is 218 g/mol. The van der Waals surface area contributed by atoms with E-state index in [-0.39, 0.29) is 11.9 Å². The van der Waals surface area contributed by atoms with Crippen LogP contribution in [0, 0.1) is 5.92 Å². The Kier molecular flexibility index (Phi) is 3.25. The van der Waals surface area contributed by atoms with Crippen LogP contribution in [0.3, 0.4) is 0 Å². The lowest BCUT2D eigenvalue weighted by molar-refractivity contribution is -0.121. The Balaban J connectivity index is 1.82. The number of carbonyl (C=O) groups is 1. The van der Waals surface area contributed by atoms with Gasteiger partial charge in [-0.2, -0.15) is 0 Å². The highest BCUT2D eigenvalue weighted by Crippen LogP contribution is 2.29. The van der Waals surface area contributed by atoms with E-state index in [4.69, 9.17) is 5.73 Å². The van der Waals surface area contributed by atoms with Crippen molar-refractivity contribution in [1.29, 1.82) is 0 Å². The van der Waals surface area contributed by atoms with E-state index >= 15 is 0 Å². The summed E-state index contributed by atoms with van der Waals surface area (Å²) in [6, 6.07) is 9.93. The highest BCUT2D eigenvalue weighted by molar-refractivity contribution is 5.77. The van der Waals surface area contributed by atoms with E-state index in [1.54, 1.807) is 0 Å². The molecule has 1 amide bonds. The minimum absolute atomic E-state index is 0.0608. The second-order valence-corrected chi connectivity index (χ2v) is 4.61. The van der Waals surface area contributed by atoms with Gasteiger partial charge >= 0.3 is 0 Å². The summed E-state index contributed by atoms with van der Waals surface area (Å²) in [4.78, 5) is 11.6. The second-order valence-electron chi connectivity index (χ2n) is 4.61. The summed E-state index contributed by atoms with van der Waals surface area (Å²) >= 11 is 0. The Morgan fingerprint density at radius 2 is 2.12 bits per heavy atom. The fraction of sp³-hybridized carbons (Fsp3) is 0.462. The van der Waals surface area contributed by atoms with E-state index < -0.39 is 0 Å². The molecule has 0 bridgehead atoms. The molecule has 3 nitrogen and oxygen atoms in total. The van der Waals surface area contributed by atoms with Crippen molar-refractivity contribution in [2.75, 3.05) is 0 Å². The van der Waals surface area contributed by atoms with Crippen LogP contribution in [0.5, 0.6) is 0 Å². The first kappa shape index (κ1) is 11.1. The molecule has 0 aliphatic heterocycles. The molecule has 3 unspecified atom stereocenters. The van der Waals surface area contributed by atoms with E-state index in [2.05, 4.69) is 12.2 Å². The van der Waals surface area contributed by atoms with E-state index in [1.807, 2.05) is 30.3 Å². The van der Waals surface area contributed by atoms with Crippen LogP contribution in [-0.2, 0) is 4.79 Å². The molecule has 0 saturated heterocycles. The number of hydrogen-bond donors (Lipinski definition) is 2. The molecule has 16 heavy (non-hydrogen) atoms. The summed E-state index contributed by atoms with van der Waals surface area (Å²) in [5, 5.41) is 2.99. The SMILES string of the molecule is CC1CC1NC(=O)CC(N)c1ccccc1. The number of carbonyl (C=O) groups excluding carboxylic acids is 1. The van der Waals surface area contributed by atoms with E-state index in [9.17, 15) is 4.79 Å². The van der Waals surface area contributed by atoms with Gasteiger partial charge in [-0.05, 0) is 17.9 Å². The van der Waals surface area contributed by atoms with Gasteiger partial charge in [-0.25, -0.2) is 0 Å². The summed E-state index contributed by atoms with van der Waals surface area (Å²) in [5.74, 6) is 0.697. The average Bonchev–Trinajstić information content (AvgIpc) is 2.95. The topological polar surface area (TPSA) is 55.1 Å². The van der Waals surface area contributed by atoms with Crippen molar-refractivity contribution < 1.29 is 4.79 Å². The molecule has 3 heteroatoms. The highest BCUT2D eigenvalue weighted by Gasteiger charge is 2.33. The van der Waals surface area contributed by atoms with Crippen molar-refractivity contribution in [2.45, 2.75) is 31.8 Å². The van der Waals surface area contributed by atoms with Crippen LogP contribution >= 0.6 is 0 Å². The highest BCUT2D eigenvalue weighted by atomic mass is 16.1. The molecule has 1 aliphatic rings. The van der Waals surface area contributed by atoms with Crippen LogP contribution in [0.4, 0.5) is 0 Å². The van der Waals surface area contributed by atoms with Crippen LogP contribution in [-0.4, -0.2) is 11.9 Å². The van der Waals surface area contributed by atoms with E-state index in [1.165, 1.54) is 0 Å². The van der Waals surface area contributed by atoms with Crippen molar-refractivity contribution in [3.8, 4) is 0 Å². The van der Waals surface area contributed by atoms with E-state index in [0.717, 1.165) is 12.0 Å². The predicted octanol–water partition coefficient (Wildman–Crippen LogP) is 1.60. The Labute approximate surface area is 96.0 Å². The molecule has 0 radical (unpaired) electrons. The first-order valence-electron chi connectivity index (χ1n) is 5.76. The van der Waals surface area contributed by atoms with Gasteiger partial charge < -0.3 is 11.1 Å². The van der Waals surface area contributed by atoms with Gasteiger partial charge in [-0.15, -0.1) is 0 Å². The molecule has 0 spiro atoms. The molecule has 2 rings (SSSR count). The summed E-state index contributed by atoms with van der Waals surface area (Å²) in [5.41, 5.74) is 6.98. The summed E-state index contributed by atoms with van der Waals surface area (Å²) in [6.07, 6.45) is 1.47. The van der Waals surface area contributed by atoms with Gasteiger partial charge in [0.15, 0.2) is 0 Å². The molecular formula is C13H18N2O. The van der Waals surface area contributed by atoms with Crippen LogP contribution in [0.2, 0.25) is 0 Å². The summed E-state index contributed by atoms with van der Waals surface area (Å²) in [6.45, 7) is 2.14. The van der Waals surface area contributed by atoms with Crippen LogP contribution < -0.4 is 11.1 Å². The molecule has 1 aromatic rings. The quantitative estimate of drug-likeness (QED) is 0.806. The fourth-order valence-electron chi connectivity index (χ4n) is 1.81. The van der Waals surface area contributed by atoms with Crippen molar-refractivity contribution in [3.63, 3.8) is 0 Å². The fourth-order valence-corrected chi connectivity index (χ4v) is 1.81. The van der Waals surface area contributed by atoms with Gasteiger partial charge in [0, 0.05) is 18.5 Å². The molecule has 86 valence electrons. The van der Waals surface area contributed by atoms with Gasteiger partial charge in [0.25, 0.3) is 0 Å². The largest absolute Gasteiger partial charge is 0.353 e. The molecular weight excluding hydrogens is 200 g/mol. The summed E-state index contributed by atoms with van der Waals surface area (Å²) in [7, 11) is 0. The van der Waals surface area contributed by atoms with Gasteiger partial charge in [0.1, 0.15) is 0 Å². The number of rotatable bonds is 4. The third kappa shape index (κ3) is 2.83. The average molecular weight is 218 g/mol. The Morgan fingerprint density at radius 3 is 2.69 bits per heavy atom. The van der Waals surface area contributed by atoms with Gasteiger partial charge in [-0.3, -0.25) is 4.79 Å². The number of hydrogen-bond acceptors (Lipinski definition) is 2. The Bertz CT molecular complexity index is 363. The lowest BCUT2D eigenvalue weighted by Gasteiger charge is -2.11. The minimum Gasteiger partial charge on any atom is -0.353 e. The number of nitrogens with one attached hydrogen (secondary N) is 1. The molecule has 3 atom stereocenters. The number of benzene rings is 1. The normalized spacial score (nSPS) is 24.9. The smallest absolute Gasteiger partial charge is 0.222 e. The third-order valence-corrected chi connectivity index (χ3v) is 3.09. The van der Waals surface area contributed by atoms with Crippen molar-refractivity contribution >= 4 is 5.91 Å². The predicted molar refractivity (Wildman–Crippen MR) is 63.7 cm³/mol. The molecule has 1 aliphatic carbocycles. The van der Waals surface area contributed by atoms with Crippen molar-refractivity contribution in [2.24, 2.45) is 11.7 Å². The van der Waals surface area contributed by atoms with E-state index in [0.29, 0.717) is 18.4 Å².